The molecule has 0 amide bonds. The molecule has 1 aromatic rings. The van der Waals surface area contributed by atoms with E-state index in [1.54, 1.807) is 0 Å². The average molecular weight is 255 g/mol. The number of nitrogens with one attached hydrogen (secondary N) is 1. The second kappa shape index (κ2) is 7.07. The first-order valence-corrected chi connectivity index (χ1v) is 7.55. The van der Waals surface area contributed by atoms with Gasteiger partial charge in [-0.2, -0.15) is 16.9 Å². The predicted molar refractivity (Wildman–Crippen MR) is 76.7 cm³/mol. The molecule has 0 atom stereocenters. The monoisotopic (exact) mass is 255 g/mol. The van der Waals surface area contributed by atoms with Crippen molar-refractivity contribution in [1.29, 1.82) is 0 Å². The van der Waals surface area contributed by atoms with Crippen molar-refractivity contribution < 1.29 is 0 Å². The number of nitrogens with zero attached hydrogens (tertiary/aromatic N) is 2. The highest BCUT2D eigenvalue weighted by molar-refractivity contribution is 7.99. The summed E-state index contributed by atoms with van der Waals surface area (Å²) in [5.41, 5.74) is 3.84. The van der Waals surface area contributed by atoms with Gasteiger partial charge in [0, 0.05) is 29.6 Å². The number of aryl methyl sites for hydroxylation is 2. The Morgan fingerprint density at radius 2 is 2.06 bits per heavy atom. The van der Waals surface area contributed by atoms with E-state index >= 15 is 0 Å². The Bertz CT molecular complexity index is 345. The fourth-order valence-corrected chi connectivity index (χ4v) is 2.40. The van der Waals surface area contributed by atoms with Crippen LogP contribution in [0.3, 0.4) is 0 Å². The zero-order valence-electron chi connectivity index (χ0n) is 11.7. The summed E-state index contributed by atoms with van der Waals surface area (Å²) in [6.45, 7) is 12.8. The first-order valence-electron chi connectivity index (χ1n) is 6.40. The first-order chi connectivity index (χ1) is 8.06. The van der Waals surface area contributed by atoms with E-state index in [1.807, 2.05) is 11.8 Å². The molecule has 0 unspecified atom stereocenters. The molecule has 17 heavy (non-hydrogen) atoms. The minimum Gasteiger partial charge on any atom is -0.310 e. The Hall–Kier alpha value is -0.480. The predicted octanol–water partition coefficient (Wildman–Crippen LogP) is 2.75. The van der Waals surface area contributed by atoms with E-state index in [1.165, 1.54) is 17.0 Å². The molecule has 1 rings (SSSR count). The summed E-state index contributed by atoms with van der Waals surface area (Å²) in [6, 6.07) is 0.521. The molecule has 0 bridgehead atoms. The van der Waals surface area contributed by atoms with E-state index in [0.717, 1.165) is 24.5 Å². The van der Waals surface area contributed by atoms with Gasteiger partial charge in [-0.05, 0) is 19.6 Å². The fraction of sp³-hybridized carbons (Fsp3) is 0.769. The molecule has 0 aliphatic rings. The van der Waals surface area contributed by atoms with Gasteiger partial charge in [-0.25, -0.2) is 0 Å². The van der Waals surface area contributed by atoms with Crippen LogP contribution >= 0.6 is 11.8 Å². The van der Waals surface area contributed by atoms with Crippen LogP contribution in [0.4, 0.5) is 0 Å². The van der Waals surface area contributed by atoms with E-state index in [2.05, 4.69) is 49.7 Å². The van der Waals surface area contributed by atoms with Gasteiger partial charge < -0.3 is 5.32 Å². The van der Waals surface area contributed by atoms with E-state index in [4.69, 9.17) is 0 Å². The maximum atomic E-state index is 4.62. The van der Waals surface area contributed by atoms with Crippen molar-refractivity contribution in [3.8, 4) is 0 Å². The van der Waals surface area contributed by atoms with Crippen LogP contribution in [0.2, 0.25) is 0 Å². The van der Waals surface area contributed by atoms with Crippen molar-refractivity contribution in [2.45, 2.75) is 53.8 Å². The van der Waals surface area contributed by atoms with Crippen LogP contribution in [0.25, 0.3) is 0 Å². The Kier molecular flexibility index (Phi) is 6.06. The van der Waals surface area contributed by atoms with Crippen molar-refractivity contribution in [3.63, 3.8) is 0 Å². The zero-order chi connectivity index (χ0) is 12.8. The molecule has 0 saturated heterocycles. The standard InChI is InChI=1S/C13H25N3S/c1-6-17-8-7-16-12(5)13(11(4)15-16)9-14-10(2)3/h10,14H,6-9H2,1-5H3. The summed E-state index contributed by atoms with van der Waals surface area (Å²) in [6.07, 6.45) is 0. The van der Waals surface area contributed by atoms with Crippen LogP contribution in [0.1, 0.15) is 37.7 Å². The summed E-state index contributed by atoms with van der Waals surface area (Å²) in [4.78, 5) is 0. The summed E-state index contributed by atoms with van der Waals surface area (Å²) in [5.74, 6) is 2.33. The average Bonchev–Trinajstić information content (AvgIpc) is 2.52. The lowest BCUT2D eigenvalue weighted by molar-refractivity contribution is 0.584. The third kappa shape index (κ3) is 4.36. The zero-order valence-corrected chi connectivity index (χ0v) is 12.5. The van der Waals surface area contributed by atoms with Crippen molar-refractivity contribution in [3.05, 3.63) is 17.0 Å². The molecule has 1 heterocycles. The van der Waals surface area contributed by atoms with E-state index in [9.17, 15) is 0 Å². The van der Waals surface area contributed by atoms with Crippen LogP contribution in [0.5, 0.6) is 0 Å². The lowest BCUT2D eigenvalue weighted by Gasteiger charge is -2.09. The first kappa shape index (κ1) is 14.6. The van der Waals surface area contributed by atoms with E-state index in [-0.39, 0.29) is 0 Å². The van der Waals surface area contributed by atoms with Crippen molar-refractivity contribution >= 4 is 11.8 Å². The van der Waals surface area contributed by atoms with Gasteiger partial charge in [0.05, 0.1) is 12.2 Å². The van der Waals surface area contributed by atoms with Gasteiger partial charge in [0.2, 0.25) is 0 Å². The van der Waals surface area contributed by atoms with E-state index in [0.29, 0.717) is 6.04 Å². The molecule has 1 aromatic heterocycles. The number of aromatic nitrogens is 2. The highest BCUT2D eigenvalue weighted by Crippen LogP contribution is 2.14. The number of rotatable bonds is 7. The smallest absolute Gasteiger partial charge is 0.0641 e. The van der Waals surface area contributed by atoms with E-state index < -0.39 is 0 Å². The van der Waals surface area contributed by atoms with Gasteiger partial charge in [-0.3, -0.25) is 4.68 Å². The second-order valence-electron chi connectivity index (χ2n) is 4.61. The summed E-state index contributed by atoms with van der Waals surface area (Å²) in [5, 5.41) is 8.09. The molecule has 0 radical (unpaired) electrons. The molecule has 4 heteroatoms. The van der Waals surface area contributed by atoms with Gasteiger partial charge in [0.15, 0.2) is 0 Å². The van der Waals surface area contributed by atoms with Crippen molar-refractivity contribution in [2.24, 2.45) is 0 Å². The highest BCUT2D eigenvalue weighted by Gasteiger charge is 2.11. The van der Waals surface area contributed by atoms with Gasteiger partial charge in [-0.15, -0.1) is 0 Å². The van der Waals surface area contributed by atoms with Crippen LogP contribution in [0, 0.1) is 13.8 Å². The number of hydrogen-bond donors (Lipinski definition) is 1. The van der Waals surface area contributed by atoms with Crippen LogP contribution < -0.4 is 5.32 Å². The van der Waals surface area contributed by atoms with Gasteiger partial charge in [0.1, 0.15) is 0 Å². The number of thioether (sulfide) groups is 1. The fourth-order valence-electron chi connectivity index (χ4n) is 1.81. The summed E-state index contributed by atoms with van der Waals surface area (Å²) >= 11 is 1.97. The molecular formula is C13H25N3S. The maximum absolute atomic E-state index is 4.62. The van der Waals surface area contributed by atoms with Gasteiger partial charge >= 0.3 is 0 Å². The molecule has 0 spiro atoms. The van der Waals surface area contributed by atoms with Crippen LogP contribution in [-0.2, 0) is 13.1 Å². The molecule has 1 N–H and O–H groups in total. The maximum Gasteiger partial charge on any atom is 0.0641 e. The van der Waals surface area contributed by atoms with Crippen molar-refractivity contribution in [1.82, 2.24) is 15.1 Å². The molecule has 3 nitrogen and oxygen atoms in total. The third-order valence-corrected chi connectivity index (χ3v) is 3.75. The molecule has 0 aliphatic heterocycles. The number of hydrogen-bond acceptors (Lipinski definition) is 3. The molecule has 0 fully saturated rings. The lowest BCUT2D eigenvalue weighted by Crippen LogP contribution is -2.22. The molecule has 0 saturated carbocycles. The Labute approximate surface area is 109 Å². The SMILES string of the molecule is CCSCCn1nc(C)c(CNC(C)C)c1C. The highest BCUT2D eigenvalue weighted by atomic mass is 32.2. The minimum atomic E-state index is 0.521. The molecule has 98 valence electrons. The Balaban J connectivity index is 2.65. The lowest BCUT2D eigenvalue weighted by atomic mass is 10.2. The molecule has 0 aliphatic carbocycles. The summed E-state index contributed by atoms with van der Waals surface area (Å²) in [7, 11) is 0. The summed E-state index contributed by atoms with van der Waals surface area (Å²) < 4.78 is 2.15. The van der Waals surface area contributed by atoms with Crippen LogP contribution in [-0.4, -0.2) is 27.3 Å². The Morgan fingerprint density at radius 1 is 1.35 bits per heavy atom. The minimum absolute atomic E-state index is 0.521. The quantitative estimate of drug-likeness (QED) is 0.760. The topological polar surface area (TPSA) is 29.9 Å². The third-order valence-electron chi connectivity index (χ3n) is 2.87. The largest absolute Gasteiger partial charge is 0.310 e. The second-order valence-corrected chi connectivity index (χ2v) is 6.00. The molecular weight excluding hydrogens is 230 g/mol. The molecule has 0 aromatic carbocycles. The van der Waals surface area contributed by atoms with Gasteiger partial charge in [-0.1, -0.05) is 20.8 Å². The van der Waals surface area contributed by atoms with Gasteiger partial charge in [0.25, 0.3) is 0 Å². The van der Waals surface area contributed by atoms with Crippen LogP contribution in [0.15, 0.2) is 0 Å². The Morgan fingerprint density at radius 3 is 2.65 bits per heavy atom. The van der Waals surface area contributed by atoms with Crippen molar-refractivity contribution in [2.75, 3.05) is 11.5 Å². The normalized spacial score (nSPS) is 11.4.